The summed E-state index contributed by atoms with van der Waals surface area (Å²) in [6, 6.07) is 13.0. The molecule has 0 aliphatic heterocycles. The summed E-state index contributed by atoms with van der Waals surface area (Å²) in [5.74, 6) is 0. The van der Waals surface area contributed by atoms with Crippen LogP contribution in [0.2, 0.25) is 0 Å². The van der Waals surface area contributed by atoms with Crippen LogP contribution < -0.4 is 0 Å². The molecule has 0 radical (unpaired) electrons. The van der Waals surface area contributed by atoms with Gasteiger partial charge in [0.05, 0.1) is 0 Å². The number of aryl methyl sites for hydroxylation is 1. The molecule has 2 aromatic carbocycles. The lowest BCUT2D eigenvalue weighted by atomic mass is 10.1. The zero-order chi connectivity index (χ0) is 8.39. The minimum Gasteiger partial charge on any atom is -0.168 e. The molecule has 0 aromatic heterocycles. The van der Waals surface area contributed by atoms with E-state index >= 15 is 0 Å². The Hall–Kier alpha value is -1.17. The molecule has 0 heterocycles. The summed E-state index contributed by atoms with van der Waals surface area (Å²) in [6.07, 6.45) is 2.43. The molecule has 0 unspecified atom stereocenters. The molecule has 0 heteroatoms. The Morgan fingerprint density at radius 2 is 2.00 bits per heavy atom. The largest absolute Gasteiger partial charge is 0.168 e. The maximum Gasteiger partial charge on any atom is -0.0602 e. The second-order valence-electron chi connectivity index (χ2n) is 3.20. The maximum absolute atomic E-state index is 2.24. The van der Waals surface area contributed by atoms with Crippen molar-refractivity contribution in [1.29, 1.82) is 0 Å². The first kappa shape index (κ1) is 7.48. The summed E-state index contributed by atoms with van der Waals surface area (Å²) in [5.41, 5.74) is 1.49. The van der Waals surface area contributed by atoms with Crippen molar-refractivity contribution in [3.63, 3.8) is 0 Å². The van der Waals surface area contributed by atoms with Crippen LogP contribution in [0.3, 0.4) is 0 Å². The Balaban J connectivity index is 2.55. The van der Waals surface area contributed by atoms with Crippen molar-refractivity contribution in [1.82, 2.24) is 0 Å². The summed E-state index contributed by atoms with van der Waals surface area (Å²) in [4.78, 5) is 0. The van der Waals surface area contributed by atoms with Crippen LogP contribution in [0, 0.1) is 0 Å². The van der Waals surface area contributed by atoms with E-state index in [1.165, 1.54) is 29.2 Å². The summed E-state index contributed by atoms with van der Waals surface area (Å²) in [7, 11) is 0. The standard InChI is InChI=1S/C12H13/c1-2-5-10-8-9-11-6-3-4-7-12(10)11/h3-4,6-9H,2,5H2,1H3/q-1. The van der Waals surface area contributed by atoms with Crippen molar-refractivity contribution in [3.05, 3.63) is 42.0 Å². The van der Waals surface area contributed by atoms with E-state index in [1.54, 1.807) is 0 Å². The highest BCUT2D eigenvalue weighted by molar-refractivity contribution is 5.87. The molecule has 0 fully saturated rings. The fourth-order valence-corrected chi connectivity index (χ4v) is 1.70. The van der Waals surface area contributed by atoms with Gasteiger partial charge in [0.2, 0.25) is 0 Å². The predicted molar refractivity (Wildman–Crippen MR) is 53.5 cm³/mol. The number of benzene rings is 1. The molecule has 12 heavy (non-hydrogen) atoms. The predicted octanol–water partition coefficient (Wildman–Crippen LogP) is 3.51. The fourth-order valence-electron chi connectivity index (χ4n) is 1.70. The van der Waals surface area contributed by atoms with Crippen LogP contribution >= 0.6 is 0 Å². The van der Waals surface area contributed by atoms with Gasteiger partial charge in [-0.25, -0.2) is 0 Å². The van der Waals surface area contributed by atoms with E-state index in [1.807, 2.05) is 0 Å². The van der Waals surface area contributed by atoms with E-state index in [-0.39, 0.29) is 0 Å². The van der Waals surface area contributed by atoms with Crippen LogP contribution in [0.5, 0.6) is 0 Å². The van der Waals surface area contributed by atoms with Gasteiger partial charge < -0.3 is 0 Å². The zero-order valence-electron chi connectivity index (χ0n) is 7.38. The highest BCUT2D eigenvalue weighted by Gasteiger charge is 1.90. The van der Waals surface area contributed by atoms with Crippen molar-refractivity contribution in [2.75, 3.05) is 0 Å². The SMILES string of the molecule is CCC[c-]1ccc2ccccc21. The van der Waals surface area contributed by atoms with E-state index in [2.05, 4.69) is 43.3 Å². The maximum atomic E-state index is 2.24. The van der Waals surface area contributed by atoms with E-state index in [0.29, 0.717) is 0 Å². The molecule has 0 saturated heterocycles. The Kier molecular flexibility index (Phi) is 1.91. The van der Waals surface area contributed by atoms with Crippen LogP contribution in [0.25, 0.3) is 10.8 Å². The van der Waals surface area contributed by atoms with E-state index in [9.17, 15) is 0 Å². The molecule has 0 atom stereocenters. The lowest BCUT2D eigenvalue weighted by molar-refractivity contribution is 0.932. The Labute approximate surface area is 73.2 Å². The Bertz CT molecular complexity index is 368. The van der Waals surface area contributed by atoms with Gasteiger partial charge in [0.15, 0.2) is 0 Å². The van der Waals surface area contributed by atoms with Gasteiger partial charge in [-0.15, -0.1) is 40.6 Å². The number of fused-ring (bicyclic) bond motifs is 1. The van der Waals surface area contributed by atoms with Crippen LogP contribution in [0.4, 0.5) is 0 Å². The number of hydrogen-bond donors (Lipinski definition) is 0. The second kappa shape index (κ2) is 3.06. The van der Waals surface area contributed by atoms with Gasteiger partial charge in [-0.3, -0.25) is 0 Å². The van der Waals surface area contributed by atoms with Gasteiger partial charge in [0.1, 0.15) is 0 Å². The lowest BCUT2D eigenvalue weighted by Crippen LogP contribution is -1.77. The first-order chi connectivity index (χ1) is 5.92. The Morgan fingerprint density at radius 3 is 2.83 bits per heavy atom. The fraction of sp³-hybridized carbons (Fsp3) is 0.250. The minimum atomic E-state index is 1.20. The van der Waals surface area contributed by atoms with Crippen LogP contribution in [0.1, 0.15) is 18.9 Å². The van der Waals surface area contributed by atoms with Crippen molar-refractivity contribution >= 4 is 10.8 Å². The molecule has 0 aliphatic rings. The van der Waals surface area contributed by atoms with Crippen molar-refractivity contribution in [3.8, 4) is 0 Å². The molecule has 0 saturated carbocycles. The highest BCUT2D eigenvalue weighted by atomic mass is 14.0. The van der Waals surface area contributed by atoms with Crippen LogP contribution in [-0.2, 0) is 6.42 Å². The summed E-state index contributed by atoms with van der Waals surface area (Å²) >= 11 is 0. The molecule has 0 amide bonds. The van der Waals surface area contributed by atoms with Gasteiger partial charge >= 0.3 is 0 Å². The molecule has 0 aliphatic carbocycles. The topological polar surface area (TPSA) is 0 Å². The highest BCUT2D eigenvalue weighted by Crippen LogP contribution is 2.21. The van der Waals surface area contributed by atoms with Gasteiger partial charge in [-0.1, -0.05) is 25.8 Å². The van der Waals surface area contributed by atoms with Gasteiger partial charge in [-0.2, -0.15) is 6.07 Å². The molecule has 2 aromatic rings. The normalized spacial score (nSPS) is 10.8. The molecule has 0 bridgehead atoms. The zero-order valence-corrected chi connectivity index (χ0v) is 7.38. The third kappa shape index (κ3) is 1.14. The molecule has 0 nitrogen and oxygen atoms in total. The van der Waals surface area contributed by atoms with Gasteiger partial charge in [0.25, 0.3) is 0 Å². The lowest BCUT2D eigenvalue weighted by Gasteiger charge is -2.03. The van der Waals surface area contributed by atoms with Crippen molar-refractivity contribution in [2.45, 2.75) is 19.8 Å². The molecule has 0 spiro atoms. The molecule has 0 N–H and O–H groups in total. The molecule has 62 valence electrons. The summed E-state index contributed by atoms with van der Waals surface area (Å²) < 4.78 is 0. The van der Waals surface area contributed by atoms with Crippen LogP contribution in [0.15, 0.2) is 36.4 Å². The quantitative estimate of drug-likeness (QED) is 0.585. The first-order valence-electron chi connectivity index (χ1n) is 4.55. The summed E-state index contributed by atoms with van der Waals surface area (Å²) in [5, 5.41) is 2.81. The Morgan fingerprint density at radius 1 is 1.17 bits per heavy atom. The third-order valence-electron chi connectivity index (χ3n) is 2.29. The van der Waals surface area contributed by atoms with Crippen LogP contribution in [-0.4, -0.2) is 0 Å². The number of hydrogen-bond acceptors (Lipinski definition) is 0. The number of rotatable bonds is 2. The molecular weight excluding hydrogens is 144 g/mol. The van der Waals surface area contributed by atoms with Crippen molar-refractivity contribution in [2.24, 2.45) is 0 Å². The van der Waals surface area contributed by atoms with E-state index < -0.39 is 0 Å². The second-order valence-corrected chi connectivity index (χ2v) is 3.20. The van der Waals surface area contributed by atoms with Crippen molar-refractivity contribution < 1.29 is 0 Å². The smallest absolute Gasteiger partial charge is 0.0602 e. The minimum absolute atomic E-state index is 1.20. The summed E-state index contributed by atoms with van der Waals surface area (Å²) in [6.45, 7) is 2.22. The van der Waals surface area contributed by atoms with Gasteiger partial charge in [0, 0.05) is 0 Å². The molecular formula is C12H13-. The third-order valence-corrected chi connectivity index (χ3v) is 2.29. The van der Waals surface area contributed by atoms with E-state index in [0.717, 1.165) is 0 Å². The van der Waals surface area contributed by atoms with E-state index in [4.69, 9.17) is 0 Å². The monoisotopic (exact) mass is 157 g/mol. The average Bonchev–Trinajstić information content (AvgIpc) is 2.50. The molecule has 2 rings (SSSR count). The first-order valence-corrected chi connectivity index (χ1v) is 4.55. The average molecular weight is 157 g/mol. The van der Waals surface area contributed by atoms with Gasteiger partial charge in [-0.05, 0) is 0 Å².